The van der Waals surface area contributed by atoms with Crippen molar-refractivity contribution in [2.45, 2.75) is 33.6 Å². The number of fused-ring (bicyclic) bond motifs is 1. The maximum absolute atomic E-state index is 11.7. The number of hydrogen-bond donors (Lipinski definition) is 0. The fourth-order valence-corrected chi connectivity index (χ4v) is 2.64. The van der Waals surface area contributed by atoms with Crippen LogP contribution in [0.4, 0.5) is 0 Å². The van der Waals surface area contributed by atoms with Gasteiger partial charge in [0.25, 0.3) is 0 Å². The number of esters is 1. The smallest absolute Gasteiger partial charge is 0.350 e. The number of carbonyl (C=O) groups excluding carboxylic acids is 1. The lowest BCUT2D eigenvalue weighted by Crippen LogP contribution is -2.04. The van der Waals surface area contributed by atoms with Gasteiger partial charge in [0.2, 0.25) is 0 Å². The zero-order valence-electron chi connectivity index (χ0n) is 10.5. The Morgan fingerprint density at radius 1 is 1.59 bits per heavy atom. The van der Waals surface area contributed by atoms with Crippen LogP contribution in [-0.2, 0) is 4.74 Å². The van der Waals surface area contributed by atoms with E-state index >= 15 is 0 Å². The third-order valence-corrected chi connectivity index (χ3v) is 3.76. The Morgan fingerprint density at radius 2 is 2.29 bits per heavy atom. The summed E-state index contributed by atoms with van der Waals surface area (Å²) in [6.07, 6.45) is 1.99. The highest BCUT2D eigenvalue weighted by molar-refractivity contribution is 7.19. The molecule has 0 unspecified atom stereocenters. The van der Waals surface area contributed by atoms with Crippen molar-refractivity contribution in [2.75, 3.05) is 6.61 Å². The van der Waals surface area contributed by atoms with Crippen molar-refractivity contribution >= 4 is 22.3 Å². The van der Waals surface area contributed by atoms with Gasteiger partial charge in [-0.1, -0.05) is 25.2 Å². The van der Waals surface area contributed by atoms with Gasteiger partial charge in [0.15, 0.2) is 4.96 Å². The Hall–Kier alpha value is -1.36. The van der Waals surface area contributed by atoms with Crippen LogP contribution in [-0.4, -0.2) is 22.0 Å². The van der Waals surface area contributed by atoms with E-state index in [1.165, 1.54) is 11.3 Å². The zero-order valence-corrected chi connectivity index (χ0v) is 11.3. The molecule has 17 heavy (non-hydrogen) atoms. The van der Waals surface area contributed by atoms with Crippen molar-refractivity contribution in [3.8, 4) is 0 Å². The molecule has 0 atom stereocenters. The number of carbonyl (C=O) groups is 1. The fourth-order valence-electron chi connectivity index (χ4n) is 1.63. The van der Waals surface area contributed by atoms with Gasteiger partial charge >= 0.3 is 5.97 Å². The van der Waals surface area contributed by atoms with Gasteiger partial charge in [0.05, 0.1) is 12.3 Å². The van der Waals surface area contributed by atoms with Crippen molar-refractivity contribution in [1.29, 1.82) is 0 Å². The zero-order chi connectivity index (χ0) is 12.6. The van der Waals surface area contributed by atoms with E-state index in [0.29, 0.717) is 17.4 Å². The lowest BCUT2D eigenvalue weighted by atomic mass is 10.2. The first-order valence-electron chi connectivity index (χ1n) is 5.70. The number of ether oxygens (including phenoxy) is 1. The molecule has 0 aliphatic rings. The maximum Gasteiger partial charge on any atom is 0.350 e. The minimum atomic E-state index is -0.258. The van der Waals surface area contributed by atoms with E-state index in [2.05, 4.69) is 18.8 Å². The molecule has 92 valence electrons. The number of aryl methyl sites for hydroxylation is 1. The van der Waals surface area contributed by atoms with Gasteiger partial charge in [0.1, 0.15) is 4.88 Å². The van der Waals surface area contributed by atoms with Gasteiger partial charge in [-0.3, -0.25) is 4.40 Å². The number of imidazole rings is 1. The molecule has 4 nitrogen and oxygen atoms in total. The van der Waals surface area contributed by atoms with E-state index in [0.717, 1.165) is 16.3 Å². The summed E-state index contributed by atoms with van der Waals surface area (Å²) in [5, 5.41) is 0. The summed E-state index contributed by atoms with van der Waals surface area (Å²) in [6, 6.07) is 0. The number of rotatable bonds is 3. The topological polar surface area (TPSA) is 43.6 Å². The summed E-state index contributed by atoms with van der Waals surface area (Å²) < 4.78 is 6.98. The van der Waals surface area contributed by atoms with Crippen LogP contribution < -0.4 is 0 Å². The molecule has 0 saturated heterocycles. The molecular formula is C12H16N2O2S. The number of aromatic nitrogens is 2. The van der Waals surface area contributed by atoms with Crippen LogP contribution in [0.2, 0.25) is 0 Å². The molecule has 0 amide bonds. The van der Waals surface area contributed by atoms with E-state index in [-0.39, 0.29) is 5.97 Å². The standard InChI is InChI=1S/C12H16N2O2S/c1-5-16-11(15)10-8(4)14-6-9(7(2)3)13-12(14)17-10/h6-7H,5H2,1-4H3. The van der Waals surface area contributed by atoms with E-state index < -0.39 is 0 Å². The summed E-state index contributed by atoms with van der Waals surface area (Å²) in [5.74, 6) is 0.138. The highest BCUT2D eigenvalue weighted by Crippen LogP contribution is 2.25. The number of nitrogens with zero attached hydrogens (tertiary/aromatic N) is 2. The van der Waals surface area contributed by atoms with E-state index in [4.69, 9.17) is 4.74 Å². The molecular weight excluding hydrogens is 236 g/mol. The van der Waals surface area contributed by atoms with E-state index in [1.54, 1.807) is 0 Å². The summed E-state index contributed by atoms with van der Waals surface area (Å²) in [7, 11) is 0. The van der Waals surface area contributed by atoms with Crippen LogP contribution in [0.5, 0.6) is 0 Å². The second-order valence-electron chi connectivity index (χ2n) is 4.21. The van der Waals surface area contributed by atoms with Crippen molar-refractivity contribution < 1.29 is 9.53 Å². The van der Waals surface area contributed by atoms with E-state index in [1.807, 2.05) is 24.4 Å². The molecule has 0 saturated carbocycles. The summed E-state index contributed by atoms with van der Waals surface area (Å²) in [5.41, 5.74) is 1.96. The van der Waals surface area contributed by atoms with Crippen LogP contribution in [0.25, 0.3) is 4.96 Å². The SMILES string of the molecule is CCOC(=O)c1sc2nc(C(C)C)cn2c1C. The fraction of sp³-hybridized carbons (Fsp3) is 0.500. The summed E-state index contributed by atoms with van der Waals surface area (Å²) >= 11 is 1.39. The van der Waals surface area contributed by atoms with Gasteiger partial charge in [-0.2, -0.15) is 0 Å². The van der Waals surface area contributed by atoms with Crippen molar-refractivity contribution in [2.24, 2.45) is 0 Å². The average molecular weight is 252 g/mol. The quantitative estimate of drug-likeness (QED) is 0.789. The molecule has 2 rings (SSSR count). The number of hydrogen-bond acceptors (Lipinski definition) is 4. The van der Waals surface area contributed by atoms with Crippen molar-refractivity contribution in [1.82, 2.24) is 9.38 Å². The van der Waals surface area contributed by atoms with Crippen molar-refractivity contribution in [3.05, 3.63) is 22.5 Å². The largest absolute Gasteiger partial charge is 0.462 e. The molecule has 2 heterocycles. The van der Waals surface area contributed by atoms with E-state index in [9.17, 15) is 4.79 Å². The second kappa shape index (κ2) is 4.49. The second-order valence-corrected chi connectivity index (χ2v) is 5.19. The van der Waals surface area contributed by atoms with Crippen LogP contribution in [0.3, 0.4) is 0 Å². The van der Waals surface area contributed by atoms with Gasteiger partial charge in [-0.25, -0.2) is 9.78 Å². The molecule has 0 bridgehead atoms. The maximum atomic E-state index is 11.7. The molecule has 2 aromatic rings. The van der Waals surface area contributed by atoms with Crippen LogP contribution >= 0.6 is 11.3 Å². The molecule has 5 heteroatoms. The lowest BCUT2D eigenvalue weighted by molar-refractivity contribution is 0.0531. The molecule has 0 N–H and O–H groups in total. The molecule has 0 fully saturated rings. The Balaban J connectivity index is 2.45. The average Bonchev–Trinajstić information content (AvgIpc) is 2.79. The highest BCUT2D eigenvalue weighted by atomic mass is 32.1. The normalized spacial score (nSPS) is 11.4. The Morgan fingerprint density at radius 3 is 2.82 bits per heavy atom. The molecule has 0 radical (unpaired) electrons. The van der Waals surface area contributed by atoms with Crippen LogP contribution in [0.1, 0.15) is 47.7 Å². The molecule has 0 spiro atoms. The first kappa shape index (κ1) is 12.1. The van der Waals surface area contributed by atoms with Gasteiger partial charge in [-0.05, 0) is 19.8 Å². The predicted molar refractivity (Wildman–Crippen MR) is 67.9 cm³/mol. The predicted octanol–water partition coefficient (Wildman–Crippen LogP) is 3.00. The monoisotopic (exact) mass is 252 g/mol. The Kier molecular flexibility index (Phi) is 3.19. The van der Waals surface area contributed by atoms with Gasteiger partial charge in [-0.15, -0.1) is 0 Å². The third kappa shape index (κ3) is 2.07. The Bertz CT molecular complexity index is 554. The van der Waals surface area contributed by atoms with Gasteiger partial charge < -0.3 is 4.74 Å². The molecule has 0 aliphatic heterocycles. The van der Waals surface area contributed by atoms with Crippen molar-refractivity contribution in [3.63, 3.8) is 0 Å². The molecule has 0 aromatic carbocycles. The minimum Gasteiger partial charge on any atom is -0.462 e. The van der Waals surface area contributed by atoms with Gasteiger partial charge in [0, 0.05) is 11.9 Å². The summed E-state index contributed by atoms with van der Waals surface area (Å²) in [4.78, 5) is 17.7. The number of thiazole rings is 1. The Labute approximate surface area is 104 Å². The highest BCUT2D eigenvalue weighted by Gasteiger charge is 2.18. The molecule has 0 aliphatic carbocycles. The first-order valence-corrected chi connectivity index (χ1v) is 6.51. The molecule has 2 aromatic heterocycles. The lowest BCUT2D eigenvalue weighted by Gasteiger charge is -2.00. The third-order valence-electron chi connectivity index (χ3n) is 2.63. The summed E-state index contributed by atoms with van der Waals surface area (Å²) in [6.45, 7) is 8.34. The minimum absolute atomic E-state index is 0.258. The van der Waals surface area contributed by atoms with Crippen LogP contribution in [0, 0.1) is 6.92 Å². The first-order chi connectivity index (χ1) is 8.04. The van der Waals surface area contributed by atoms with Crippen LogP contribution in [0.15, 0.2) is 6.20 Å².